The van der Waals surface area contributed by atoms with Crippen LogP contribution in [-0.4, -0.2) is 15.5 Å². The van der Waals surface area contributed by atoms with Crippen LogP contribution < -0.4 is 4.31 Å². The highest BCUT2D eigenvalue weighted by atomic mass is 32.2. The van der Waals surface area contributed by atoms with Crippen molar-refractivity contribution in [3.8, 4) is 0 Å². The lowest BCUT2D eigenvalue weighted by Gasteiger charge is -2.16. The summed E-state index contributed by atoms with van der Waals surface area (Å²) in [6, 6.07) is 25.2. The number of para-hydroxylation sites is 1. The summed E-state index contributed by atoms with van der Waals surface area (Å²) in [5.74, 6) is 0. The Balaban J connectivity index is 2.13. The van der Waals surface area contributed by atoms with Crippen molar-refractivity contribution in [2.24, 2.45) is 0 Å². The first-order chi connectivity index (χ1) is 11.6. The maximum atomic E-state index is 13.1. The Bertz CT molecular complexity index is 1000. The number of rotatable bonds is 1. The molecule has 0 radical (unpaired) electrons. The zero-order chi connectivity index (χ0) is 16.7. The smallest absolute Gasteiger partial charge is 0.264 e. The quantitative estimate of drug-likeness (QED) is 0.621. The van der Waals surface area contributed by atoms with Crippen LogP contribution in [0.4, 0.5) is 5.69 Å². The third-order valence-corrected chi connectivity index (χ3v) is 8.39. The van der Waals surface area contributed by atoms with Gasteiger partial charge in [0, 0.05) is 7.05 Å². The molecule has 120 valence electrons. The van der Waals surface area contributed by atoms with Crippen molar-refractivity contribution in [3.05, 3.63) is 78.9 Å². The molecule has 0 amide bonds. The van der Waals surface area contributed by atoms with Crippen LogP contribution >= 0.6 is 0 Å². The van der Waals surface area contributed by atoms with Gasteiger partial charge >= 0.3 is 0 Å². The molecule has 0 saturated carbocycles. The van der Waals surface area contributed by atoms with Crippen molar-refractivity contribution in [2.75, 3.05) is 11.4 Å². The summed E-state index contributed by atoms with van der Waals surface area (Å²) >= 11 is 0. The van der Waals surface area contributed by atoms with E-state index in [2.05, 4.69) is 12.1 Å². The van der Waals surface area contributed by atoms with E-state index >= 15 is 0 Å². The molecule has 3 aromatic carbocycles. The summed E-state index contributed by atoms with van der Waals surface area (Å²) in [4.78, 5) is 3.37. The standard InChI is InChI=1S/C19H16NO2S2/c1-20-16-11-5-6-12-17(16)23(15-9-3-2-4-10-15)18-13-7-8-14-19(18)24(20,21)22/h2-14H,1H3/q+1. The highest BCUT2D eigenvalue weighted by molar-refractivity contribution is 7.99. The van der Waals surface area contributed by atoms with Gasteiger partial charge in [0.15, 0.2) is 14.7 Å². The first kappa shape index (κ1) is 15.3. The molecule has 3 nitrogen and oxygen atoms in total. The van der Waals surface area contributed by atoms with Gasteiger partial charge in [-0.2, -0.15) is 0 Å². The number of nitrogens with zero attached hydrogens (tertiary/aromatic N) is 1. The van der Waals surface area contributed by atoms with E-state index in [0.717, 1.165) is 20.4 Å². The Hall–Kier alpha value is -2.24. The van der Waals surface area contributed by atoms with Gasteiger partial charge in [-0.1, -0.05) is 42.5 Å². The number of anilines is 1. The van der Waals surface area contributed by atoms with Gasteiger partial charge in [-0.3, -0.25) is 4.31 Å². The fourth-order valence-corrected chi connectivity index (χ4v) is 7.12. The number of sulfonamides is 1. The Morgan fingerprint density at radius 1 is 0.750 bits per heavy atom. The fraction of sp³-hybridized carbons (Fsp3) is 0.0526. The fourth-order valence-electron chi connectivity index (χ4n) is 2.93. The Labute approximate surface area is 145 Å². The Morgan fingerprint density at radius 2 is 1.33 bits per heavy atom. The van der Waals surface area contributed by atoms with E-state index in [1.165, 1.54) is 4.31 Å². The predicted octanol–water partition coefficient (Wildman–Crippen LogP) is 3.92. The molecule has 0 N–H and O–H groups in total. The zero-order valence-electron chi connectivity index (χ0n) is 13.1. The molecule has 4 rings (SSSR count). The molecular formula is C19H16NO2S2+. The zero-order valence-corrected chi connectivity index (χ0v) is 14.7. The summed E-state index contributed by atoms with van der Waals surface area (Å²) < 4.78 is 27.6. The first-order valence-corrected chi connectivity index (χ1v) is 10.2. The number of hydrogen-bond acceptors (Lipinski definition) is 2. The minimum Gasteiger partial charge on any atom is -0.264 e. The van der Waals surface area contributed by atoms with Crippen LogP contribution in [0, 0.1) is 0 Å². The van der Waals surface area contributed by atoms with E-state index in [1.807, 2.05) is 54.6 Å². The summed E-state index contributed by atoms with van der Waals surface area (Å²) in [6.45, 7) is 0. The molecule has 24 heavy (non-hydrogen) atoms. The molecule has 0 aromatic heterocycles. The number of benzene rings is 3. The largest absolute Gasteiger partial charge is 0.269 e. The van der Waals surface area contributed by atoms with Crippen molar-refractivity contribution in [1.29, 1.82) is 0 Å². The van der Waals surface area contributed by atoms with Gasteiger partial charge in [-0.15, -0.1) is 0 Å². The molecule has 0 spiro atoms. The van der Waals surface area contributed by atoms with Crippen LogP contribution in [0.3, 0.4) is 0 Å². The molecular weight excluding hydrogens is 338 g/mol. The topological polar surface area (TPSA) is 37.4 Å². The van der Waals surface area contributed by atoms with Gasteiger partial charge in [-0.05, 0) is 36.4 Å². The van der Waals surface area contributed by atoms with Gasteiger partial charge in [0.1, 0.15) is 21.5 Å². The number of fused-ring (bicyclic) bond motifs is 2. The van der Waals surface area contributed by atoms with Crippen molar-refractivity contribution in [1.82, 2.24) is 0 Å². The van der Waals surface area contributed by atoms with E-state index in [1.54, 1.807) is 19.2 Å². The maximum Gasteiger partial charge on any atom is 0.269 e. The van der Waals surface area contributed by atoms with Gasteiger partial charge in [-0.25, -0.2) is 8.42 Å². The van der Waals surface area contributed by atoms with E-state index in [9.17, 15) is 8.42 Å². The van der Waals surface area contributed by atoms with E-state index in [-0.39, 0.29) is 0 Å². The molecule has 0 aliphatic carbocycles. The summed E-state index contributed by atoms with van der Waals surface area (Å²) in [7, 11) is -2.41. The lowest BCUT2D eigenvalue weighted by molar-refractivity contribution is 0.592. The molecule has 1 unspecified atom stereocenters. The third-order valence-electron chi connectivity index (χ3n) is 4.11. The van der Waals surface area contributed by atoms with Crippen molar-refractivity contribution < 1.29 is 8.42 Å². The molecule has 5 heteroatoms. The third kappa shape index (κ3) is 2.24. The molecule has 0 bridgehead atoms. The highest BCUT2D eigenvalue weighted by Gasteiger charge is 2.43. The molecule has 1 aliphatic rings. The average Bonchev–Trinajstić information content (AvgIpc) is 2.69. The van der Waals surface area contributed by atoms with Crippen molar-refractivity contribution in [3.63, 3.8) is 0 Å². The monoisotopic (exact) mass is 354 g/mol. The SMILES string of the molecule is CN1c2ccccc2[S+](c2ccccc2)c2ccccc2S1(=O)=O. The van der Waals surface area contributed by atoms with Crippen LogP contribution in [0.5, 0.6) is 0 Å². The number of hydrogen-bond donors (Lipinski definition) is 0. The molecule has 0 saturated heterocycles. The normalized spacial score (nSPS) is 18.4. The van der Waals surface area contributed by atoms with E-state index < -0.39 is 20.9 Å². The lowest BCUT2D eigenvalue weighted by Crippen LogP contribution is -2.26. The average molecular weight is 354 g/mol. The van der Waals surface area contributed by atoms with Crippen molar-refractivity contribution >= 4 is 26.6 Å². The Morgan fingerprint density at radius 3 is 2.08 bits per heavy atom. The van der Waals surface area contributed by atoms with E-state index in [4.69, 9.17) is 0 Å². The van der Waals surface area contributed by atoms with Crippen LogP contribution in [0.1, 0.15) is 0 Å². The molecule has 1 heterocycles. The highest BCUT2D eigenvalue weighted by Crippen LogP contribution is 2.43. The van der Waals surface area contributed by atoms with Gasteiger partial charge in [0.05, 0.1) is 0 Å². The van der Waals surface area contributed by atoms with Gasteiger partial charge < -0.3 is 0 Å². The van der Waals surface area contributed by atoms with Crippen LogP contribution in [0.25, 0.3) is 0 Å². The lowest BCUT2D eigenvalue weighted by atomic mass is 10.3. The van der Waals surface area contributed by atoms with Crippen LogP contribution in [0.15, 0.2) is 98.4 Å². The summed E-state index contributed by atoms with van der Waals surface area (Å²) in [6.07, 6.45) is 0. The van der Waals surface area contributed by atoms with Crippen LogP contribution in [-0.2, 0) is 20.9 Å². The maximum absolute atomic E-state index is 13.1. The minimum atomic E-state index is -3.57. The minimum absolute atomic E-state index is 0.385. The van der Waals surface area contributed by atoms with E-state index in [0.29, 0.717) is 4.90 Å². The first-order valence-electron chi connectivity index (χ1n) is 7.57. The second-order valence-corrected chi connectivity index (χ2v) is 9.41. The Kier molecular flexibility index (Phi) is 3.62. The van der Waals surface area contributed by atoms with Gasteiger partial charge in [0.2, 0.25) is 0 Å². The predicted molar refractivity (Wildman–Crippen MR) is 97.1 cm³/mol. The molecule has 1 atom stereocenters. The molecule has 0 fully saturated rings. The summed E-state index contributed by atoms with van der Waals surface area (Å²) in [5.41, 5.74) is 0.737. The second-order valence-electron chi connectivity index (χ2n) is 5.51. The van der Waals surface area contributed by atoms with Gasteiger partial charge in [0.25, 0.3) is 10.0 Å². The van der Waals surface area contributed by atoms with Crippen LogP contribution in [0.2, 0.25) is 0 Å². The summed E-state index contributed by atoms with van der Waals surface area (Å²) in [5, 5.41) is 0. The molecule has 3 aromatic rings. The molecule has 1 aliphatic heterocycles. The second kappa shape index (κ2) is 5.69. The van der Waals surface area contributed by atoms with Crippen molar-refractivity contribution in [2.45, 2.75) is 19.6 Å².